The normalized spacial score (nSPS) is 17.2. The van der Waals surface area contributed by atoms with E-state index in [1.165, 1.54) is 12.8 Å². The molecule has 2 nitrogen and oxygen atoms in total. The minimum Gasteiger partial charge on any atom is -0.345 e. The van der Waals surface area contributed by atoms with Gasteiger partial charge in [0.25, 0.3) is 0 Å². The standard InChI is InChI=1S/C10H18ClNO/c1-10(2,7-11)9(13)12(3)6-8-4-5-8/h8H,4-7H2,1-3H3. The second-order valence-electron chi connectivity index (χ2n) is 4.65. The van der Waals surface area contributed by atoms with Gasteiger partial charge in [-0.05, 0) is 32.6 Å². The molecular weight excluding hydrogens is 186 g/mol. The predicted octanol–water partition coefficient (Wildman–Crippen LogP) is 2.12. The van der Waals surface area contributed by atoms with Gasteiger partial charge in [0.2, 0.25) is 5.91 Å². The van der Waals surface area contributed by atoms with Crippen molar-refractivity contribution in [2.75, 3.05) is 19.5 Å². The Morgan fingerprint density at radius 2 is 2.08 bits per heavy atom. The van der Waals surface area contributed by atoms with Gasteiger partial charge in [-0.1, -0.05) is 0 Å². The first-order chi connectivity index (χ1) is 5.97. The Balaban J connectivity index is 2.44. The molecule has 0 aromatic heterocycles. The molecule has 0 atom stereocenters. The molecule has 0 N–H and O–H groups in total. The highest BCUT2D eigenvalue weighted by molar-refractivity contribution is 6.19. The molecule has 0 aromatic carbocycles. The van der Waals surface area contributed by atoms with Crippen LogP contribution in [0.1, 0.15) is 26.7 Å². The minimum atomic E-state index is -0.412. The van der Waals surface area contributed by atoms with Gasteiger partial charge < -0.3 is 4.90 Å². The van der Waals surface area contributed by atoms with Crippen LogP contribution in [0.4, 0.5) is 0 Å². The van der Waals surface area contributed by atoms with E-state index in [4.69, 9.17) is 11.6 Å². The average molecular weight is 204 g/mol. The number of carbonyl (C=O) groups excluding carboxylic acids is 1. The largest absolute Gasteiger partial charge is 0.345 e. The Morgan fingerprint density at radius 1 is 1.54 bits per heavy atom. The summed E-state index contributed by atoms with van der Waals surface area (Å²) in [5.74, 6) is 1.30. The van der Waals surface area contributed by atoms with Gasteiger partial charge in [-0.25, -0.2) is 0 Å². The second-order valence-corrected chi connectivity index (χ2v) is 4.91. The van der Waals surface area contributed by atoms with Crippen molar-refractivity contribution < 1.29 is 4.79 Å². The zero-order chi connectivity index (χ0) is 10.1. The van der Waals surface area contributed by atoms with E-state index >= 15 is 0 Å². The minimum absolute atomic E-state index is 0.161. The number of amides is 1. The maximum atomic E-state index is 11.8. The molecule has 1 saturated carbocycles. The van der Waals surface area contributed by atoms with Crippen molar-refractivity contribution in [3.63, 3.8) is 0 Å². The third kappa shape index (κ3) is 2.87. The Labute approximate surface area is 85.2 Å². The maximum Gasteiger partial charge on any atom is 0.229 e. The SMILES string of the molecule is CN(CC1CC1)C(=O)C(C)(C)CCl. The zero-order valence-electron chi connectivity index (χ0n) is 8.64. The molecule has 0 saturated heterocycles. The first kappa shape index (κ1) is 10.8. The summed E-state index contributed by atoms with van der Waals surface area (Å²) in [7, 11) is 1.87. The summed E-state index contributed by atoms with van der Waals surface area (Å²) >= 11 is 5.74. The van der Waals surface area contributed by atoms with Crippen molar-refractivity contribution in [1.29, 1.82) is 0 Å². The van der Waals surface area contributed by atoms with E-state index in [0.29, 0.717) is 5.88 Å². The lowest BCUT2D eigenvalue weighted by Crippen LogP contribution is -2.40. The van der Waals surface area contributed by atoms with Gasteiger partial charge in [0, 0.05) is 19.5 Å². The number of carbonyl (C=O) groups is 1. The van der Waals surface area contributed by atoms with E-state index < -0.39 is 5.41 Å². The van der Waals surface area contributed by atoms with Crippen LogP contribution in [-0.2, 0) is 4.79 Å². The lowest BCUT2D eigenvalue weighted by atomic mass is 9.94. The molecule has 1 amide bonds. The van der Waals surface area contributed by atoms with E-state index in [1.807, 2.05) is 25.8 Å². The van der Waals surface area contributed by atoms with Gasteiger partial charge >= 0.3 is 0 Å². The molecule has 0 spiro atoms. The molecular formula is C10H18ClNO. The number of rotatable bonds is 4. The number of halogens is 1. The summed E-state index contributed by atoms with van der Waals surface area (Å²) in [6.07, 6.45) is 2.55. The molecule has 1 fully saturated rings. The summed E-state index contributed by atoms with van der Waals surface area (Å²) in [5, 5.41) is 0. The van der Waals surface area contributed by atoms with Crippen LogP contribution in [0.25, 0.3) is 0 Å². The fraction of sp³-hybridized carbons (Fsp3) is 0.900. The third-order valence-corrected chi connectivity index (χ3v) is 3.16. The lowest BCUT2D eigenvalue weighted by molar-refractivity contribution is -0.138. The summed E-state index contributed by atoms with van der Waals surface area (Å²) in [6, 6.07) is 0. The van der Waals surface area contributed by atoms with Crippen LogP contribution >= 0.6 is 11.6 Å². The number of hydrogen-bond donors (Lipinski definition) is 0. The first-order valence-electron chi connectivity index (χ1n) is 4.79. The van der Waals surface area contributed by atoms with Crippen molar-refractivity contribution in [3.8, 4) is 0 Å². The fourth-order valence-corrected chi connectivity index (χ4v) is 1.46. The number of alkyl halides is 1. The van der Waals surface area contributed by atoms with Crippen LogP contribution in [0.2, 0.25) is 0 Å². The summed E-state index contributed by atoms with van der Waals surface area (Å²) in [5.41, 5.74) is -0.412. The molecule has 0 aromatic rings. The smallest absolute Gasteiger partial charge is 0.229 e. The average Bonchev–Trinajstić information content (AvgIpc) is 2.86. The highest BCUT2D eigenvalue weighted by atomic mass is 35.5. The van der Waals surface area contributed by atoms with Gasteiger partial charge in [-0.2, -0.15) is 0 Å². The number of nitrogens with zero attached hydrogens (tertiary/aromatic N) is 1. The summed E-state index contributed by atoms with van der Waals surface area (Å²) < 4.78 is 0. The van der Waals surface area contributed by atoms with Crippen LogP contribution in [0.5, 0.6) is 0 Å². The van der Waals surface area contributed by atoms with Crippen LogP contribution in [-0.4, -0.2) is 30.3 Å². The molecule has 3 heteroatoms. The van der Waals surface area contributed by atoms with E-state index in [-0.39, 0.29) is 5.91 Å². The second kappa shape index (κ2) is 3.87. The van der Waals surface area contributed by atoms with Gasteiger partial charge in [0.15, 0.2) is 0 Å². The van der Waals surface area contributed by atoms with Gasteiger partial charge in [-0.15, -0.1) is 11.6 Å². The topological polar surface area (TPSA) is 20.3 Å². The van der Waals surface area contributed by atoms with Gasteiger partial charge in [-0.3, -0.25) is 4.79 Å². The van der Waals surface area contributed by atoms with Crippen molar-refractivity contribution in [3.05, 3.63) is 0 Å². The van der Waals surface area contributed by atoms with Crippen molar-refractivity contribution in [1.82, 2.24) is 4.90 Å². The summed E-state index contributed by atoms with van der Waals surface area (Å²) in [6.45, 7) is 4.69. The highest BCUT2D eigenvalue weighted by Crippen LogP contribution is 2.30. The lowest BCUT2D eigenvalue weighted by Gasteiger charge is -2.27. The highest BCUT2D eigenvalue weighted by Gasteiger charge is 2.32. The molecule has 0 radical (unpaired) electrons. The van der Waals surface area contributed by atoms with Crippen molar-refractivity contribution in [2.45, 2.75) is 26.7 Å². The van der Waals surface area contributed by atoms with E-state index in [1.54, 1.807) is 0 Å². The molecule has 1 rings (SSSR count). The molecule has 1 aliphatic rings. The Bertz CT molecular complexity index is 199. The van der Waals surface area contributed by atoms with Crippen molar-refractivity contribution >= 4 is 17.5 Å². The van der Waals surface area contributed by atoms with E-state index in [2.05, 4.69) is 0 Å². The molecule has 0 heterocycles. The summed E-state index contributed by atoms with van der Waals surface area (Å²) in [4.78, 5) is 13.6. The Hall–Kier alpha value is -0.240. The molecule has 0 bridgehead atoms. The molecule has 1 aliphatic carbocycles. The maximum absolute atomic E-state index is 11.8. The zero-order valence-corrected chi connectivity index (χ0v) is 9.40. The van der Waals surface area contributed by atoms with Crippen LogP contribution in [0.3, 0.4) is 0 Å². The van der Waals surface area contributed by atoms with Crippen molar-refractivity contribution in [2.24, 2.45) is 11.3 Å². The first-order valence-corrected chi connectivity index (χ1v) is 5.32. The van der Waals surface area contributed by atoms with Gasteiger partial charge in [0.05, 0.1) is 5.41 Å². The predicted molar refractivity (Wildman–Crippen MR) is 54.9 cm³/mol. The van der Waals surface area contributed by atoms with Crippen LogP contribution < -0.4 is 0 Å². The molecule has 13 heavy (non-hydrogen) atoms. The fourth-order valence-electron chi connectivity index (χ4n) is 1.34. The monoisotopic (exact) mass is 203 g/mol. The molecule has 76 valence electrons. The van der Waals surface area contributed by atoms with E-state index in [0.717, 1.165) is 12.5 Å². The quantitative estimate of drug-likeness (QED) is 0.641. The Kier molecular flexibility index (Phi) is 3.23. The van der Waals surface area contributed by atoms with Gasteiger partial charge in [0.1, 0.15) is 0 Å². The van der Waals surface area contributed by atoms with E-state index in [9.17, 15) is 4.79 Å². The Morgan fingerprint density at radius 3 is 2.46 bits per heavy atom. The van der Waals surface area contributed by atoms with Crippen LogP contribution in [0.15, 0.2) is 0 Å². The number of hydrogen-bond acceptors (Lipinski definition) is 1. The van der Waals surface area contributed by atoms with Crippen LogP contribution in [0, 0.1) is 11.3 Å². The molecule has 0 aliphatic heterocycles. The third-order valence-electron chi connectivity index (χ3n) is 2.49. The molecule has 0 unspecified atom stereocenters.